The van der Waals surface area contributed by atoms with Crippen LogP contribution in [0, 0.1) is 0 Å². The van der Waals surface area contributed by atoms with Crippen molar-refractivity contribution in [3.63, 3.8) is 0 Å². The first-order chi connectivity index (χ1) is 13.1. The molecule has 1 aromatic heterocycles. The van der Waals surface area contributed by atoms with Crippen molar-refractivity contribution >= 4 is 11.5 Å². The molecule has 6 heteroatoms. The third-order valence-electron chi connectivity index (χ3n) is 4.52. The maximum Gasteiger partial charge on any atom is 0.356 e. The largest absolute Gasteiger partial charge is 0.493 e. The Hall–Kier alpha value is -2.73. The van der Waals surface area contributed by atoms with Crippen molar-refractivity contribution in [1.82, 2.24) is 9.97 Å². The van der Waals surface area contributed by atoms with E-state index in [1.807, 2.05) is 32.0 Å². The molecule has 1 N–H and O–H groups in total. The van der Waals surface area contributed by atoms with Gasteiger partial charge in [-0.1, -0.05) is 31.2 Å². The molecule has 0 amide bonds. The lowest BCUT2D eigenvalue weighted by Gasteiger charge is -2.20. The number of carbonyl (C=O) groups is 1. The second-order valence-electron chi connectivity index (χ2n) is 6.27. The van der Waals surface area contributed by atoms with Crippen LogP contribution in [0.5, 0.6) is 5.75 Å². The Morgan fingerprint density at radius 2 is 2.19 bits per heavy atom. The molecule has 0 atom stereocenters. The summed E-state index contributed by atoms with van der Waals surface area (Å²) in [5, 5.41) is 9.54. The van der Waals surface area contributed by atoms with Gasteiger partial charge in [-0.2, -0.15) is 0 Å². The summed E-state index contributed by atoms with van der Waals surface area (Å²) in [4.78, 5) is 20.3. The van der Waals surface area contributed by atoms with Gasteiger partial charge in [0.25, 0.3) is 0 Å². The summed E-state index contributed by atoms with van der Waals surface area (Å²) >= 11 is 0. The standard InChI is InChI=1S/C21H24N2O4/c1-3-16-13-22-18(19(23-16)21(24)25)12-15-6-5-7-17(20(15)27-4-2)14-8-10-26-11-9-14/h5-8,13H,3-4,9-12H2,1-2H3,(H,24,25). The first-order valence-corrected chi connectivity index (χ1v) is 9.23. The van der Waals surface area contributed by atoms with Crippen molar-refractivity contribution in [1.29, 1.82) is 0 Å². The Kier molecular flexibility index (Phi) is 6.19. The van der Waals surface area contributed by atoms with Crippen LogP contribution in [0.4, 0.5) is 0 Å². The van der Waals surface area contributed by atoms with E-state index < -0.39 is 5.97 Å². The summed E-state index contributed by atoms with van der Waals surface area (Å²) in [6, 6.07) is 5.96. The predicted octanol–water partition coefficient (Wildman–Crippen LogP) is 3.53. The molecule has 2 heterocycles. The third-order valence-corrected chi connectivity index (χ3v) is 4.52. The fraction of sp³-hybridized carbons (Fsp3) is 0.381. The summed E-state index contributed by atoms with van der Waals surface area (Å²) in [6.07, 6.45) is 5.54. The van der Waals surface area contributed by atoms with Crippen molar-refractivity contribution in [2.45, 2.75) is 33.1 Å². The van der Waals surface area contributed by atoms with Gasteiger partial charge in [0.15, 0.2) is 5.69 Å². The molecule has 1 aromatic carbocycles. The molecule has 0 bridgehead atoms. The summed E-state index contributed by atoms with van der Waals surface area (Å²) in [6.45, 7) is 5.68. The van der Waals surface area contributed by atoms with Crippen LogP contribution in [0.15, 0.2) is 30.5 Å². The number of aromatic carboxylic acids is 1. The molecule has 0 radical (unpaired) electrons. The minimum Gasteiger partial charge on any atom is -0.493 e. The van der Waals surface area contributed by atoms with Gasteiger partial charge in [-0.3, -0.25) is 4.98 Å². The van der Waals surface area contributed by atoms with Gasteiger partial charge in [-0.05, 0) is 25.3 Å². The molecule has 3 rings (SSSR count). The third kappa shape index (κ3) is 4.34. The molecule has 0 saturated heterocycles. The number of hydrogen-bond donors (Lipinski definition) is 1. The lowest BCUT2D eigenvalue weighted by molar-refractivity contribution is 0.0688. The van der Waals surface area contributed by atoms with E-state index in [-0.39, 0.29) is 5.69 Å². The van der Waals surface area contributed by atoms with Crippen LogP contribution in [0.25, 0.3) is 5.57 Å². The van der Waals surface area contributed by atoms with E-state index >= 15 is 0 Å². The Balaban J connectivity index is 2.02. The quantitative estimate of drug-likeness (QED) is 0.805. The fourth-order valence-corrected chi connectivity index (χ4v) is 3.17. The van der Waals surface area contributed by atoms with Crippen LogP contribution in [0.3, 0.4) is 0 Å². The lowest BCUT2D eigenvalue weighted by Crippen LogP contribution is -2.12. The molecule has 6 nitrogen and oxygen atoms in total. The molecule has 0 unspecified atom stereocenters. The summed E-state index contributed by atoms with van der Waals surface area (Å²) < 4.78 is 11.4. The summed E-state index contributed by atoms with van der Waals surface area (Å²) in [7, 11) is 0. The highest BCUT2D eigenvalue weighted by Crippen LogP contribution is 2.34. The van der Waals surface area contributed by atoms with E-state index in [0.717, 1.165) is 23.3 Å². The first kappa shape index (κ1) is 19.0. The van der Waals surface area contributed by atoms with E-state index in [9.17, 15) is 9.90 Å². The van der Waals surface area contributed by atoms with Gasteiger partial charge in [-0.25, -0.2) is 9.78 Å². The fourth-order valence-electron chi connectivity index (χ4n) is 3.17. The molecule has 27 heavy (non-hydrogen) atoms. The number of benzene rings is 1. The van der Waals surface area contributed by atoms with Crippen LogP contribution >= 0.6 is 0 Å². The second-order valence-corrected chi connectivity index (χ2v) is 6.27. The average Bonchev–Trinajstić information content (AvgIpc) is 2.70. The van der Waals surface area contributed by atoms with E-state index in [0.29, 0.717) is 44.1 Å². The maximum atomic E-state index is 11.6. The van der Waals surface area contributed by atoms with Crippen molar-refractivity contribution in [2.24, 2.45) is 0 Å². The average molecular weight is 368 g/mol. The van der Waals surface area contributed by atoms with Gasteiger partial charge >= 0.3 is 5.97 Å². The zero-order chi connectivity index (χ0) is 19.2. The summed E-state index contributed by atoms with van der Waals surface area (Å²) in [5.74, 6) is -0.278. The second kappa shape index (κ2) is 8.77. The van der Waals surface area contributed by atoms with E-state index in [1.165, 1.54) is 5.57 Å². The molecule has 1 aliphatic heterocycles. The van der Waals surface area contributed by atoms with E-state index in [4.69, 9.17) is 9.47 Å². The molecule has 0 aliphatic carbocycles. The Morgan fingerprint density at radius 1 is 1.33 bits per heavy atom. The van der Waals surface area contributed by atoms with Crippen LogP contribution < -0.4 is 4.74 Å². The minimum absolute atomic E-state index is 0.00693. The molecular weight excluding hydrogens is 344 g/mol. The zero-order valence-corrected chi connectivity index (χ0v) is 15.7. The zero-order valence-electron chi connectivity index (χ0n) is 15.7. The number of carboxylic acid groups (broad SMARTS) is 1. The Labute approximate surface area is 158 Å². The minimum atomic E-state index is -1.06. The van der Waals surface area contributed by atoms with Gasteiger partial charge < -0.3 is 14.6 Å². The molecule has 142 valence electrons. The van der Waals surface area contributed by atoms with E-state index in [1.54, 1.807) is 6.20 Å². The number of hydrogen-bond acceptors (Lipinski definition) is 5. The van der Waals surface area contributed by atoms with Gasteiger partial charge in [0.05, 0.1) is 31.2 Å². The SMILES string of the molecule is CCOc1c(Cc2ncc(CC)nc2C(=O)O)cccc1C1=CCOCC1. The number of aryl methyl sites for hydroxylation is 1. The number of rotatable bonds is 7. The number of aromatic nitrogens is 2. The molecule has 0 saturated carbocycles. The number of carboxylic acids is 1. The van der Waals surface area contributed by atoms with Crippen molar-refractivity contribution in [3.05, 3.63) is 58.7 Å². The normalized spacial score (nSPS) is 13.9. The molecule has 2 aromatic rings. The van der Waals surface area contributed by atoms with Crippen LogP contribution in [-0.2, 0) is 17.6 Å². The van der Waals surface area contributed by atoms with Crippen molar-refractivity contribution in [2.75, 3.05) is 19.8 Å². The first-order valence-electron chi connectivity index (χ1n) is 9.23. The monoisotopic (exact) mass is 368 g/mol. The number of ether oxygens (including phenoxy) is 2. The number of para-hydroxylation sites is 1. The molecule has 1 aliphatic rings. The Bertz CT molecular complexity index is 861. The van der Waals surface area contributed by atoms with Crippen LogP contribution in [0.1, 0.15) is 53.3 Å². The lowest BCUT2D eigenvalue weighted by atomic mass is 9.96. The van der Waals surface area contributed by atoms with Gasteiger partial charge in [0, 0.05) is 23.7 Å². The number of nitrogens with zero attached hydrogens (tertiary/aromatic N) is 2. The van der Waals surface area contributed by atoms with Gasteiger partial charge in [0.1, 0.15) is 5.75 Å². The molecular formula is C21H24N2O4. The predicted molar refractivity (Wildman–Crippen MR) is 102 cm³/mol. The Morgan fingerprint density at radius 3 is 2.85 bits per heavy atom. The smallest absolute Gasteiger partial charge is 0.356 e. The maximum absolute atomic E-state index is 11.6. The van der Waals surface area contributed by atoms with Crippen molar-refractivity contribution in [3.8, 4) is 5.75 Å². The summed E-state index contributed by atoms with van der Waals surface area (Å²) in [5.41, 5.74) is 4.25. The van der Waals surface area contributed by atoms with Gasteiger partial charge in [0.2, 0.25) is 0 Å². The topological polar surface area (TPSA) is 81.5 Å². The highest BCUT2D eigenvalue weighted by molar-refractivity contribution is 5.86. The molecule has 0 fully saturated rings. The van der Waals surface area contributed by atoms with Crippen LogP contribution in [-0.4, -0.2) is 40.9 Å². The van der Waals surface area contributed by atoms with E-state index in [2.05, 4.69) is 16.0 Å². The van der Waals surface area contributed by atoms with Crippen molar-refractivity contribution < 1.29 is 19.4 Å². The highest BCUT2D eigenvalue weighted by atomic mass is 16.5. The van der Waals surface area contributed by atoms with Crippen LogP contribution in [0.2, 0.25) is 0 Å². The molecule has 0 spiro atoms. The van der Waals surface area contributed by atoms with Gasteiger partial charge in [-0.15, -0.1) is 0 Å². The highest BCUT2D eigenvalue weighted by Gasteiger charge is 2.19.